The average molecular weight is 641 g/mol. The third kappa shape index (κ3) is 7.84. The van der Waals surface area contributed by atoms with Crippen molar-refractivity contribution < 1.29 is 33.3 Å². The van der Waals surface area contributed by atoms with E-state index in [4.69, 9.17) is 23.7 Å². The van der Waals surface area contributed by atoms with Gasteiger partial charge in [0.05, 0.1) is 12.2 Å². The molecule has 46 heavy (non-hydrogen) atoms. The summed E-state index contributed by atoms with van der Waals surface area (Å²) in [6, 6.07) is 0. The number of rotatable bonds is 12. The van der Waals surface area contributed by atoms with Gasteiger partial charge in [-0.25, -0.2) is 0 Å². The minimum absolute atomic E-state index is 0.0125. The highest BCUT2D eigenvalue weighted by atomic mass is 16.7. The molecule has 1 unspecified atom stereocenters. The van der Waals surface area contributed by atoms with Crippen LogP contribution in [-0.2, 0) is 33.3 Å². The van der Waals surface area contributed by atoms with E-state index in [0.29, 0.717) is 11.5 Å². The molecule has 0 saturated heterocycles. The van der Waals surface area contributed by atoms with Crippen LogP contribution in [0.1, 0.15) is 119 Å². The van der Waals surface area contributed by atoms with Gasteiger partial charge >= 0.3 is 11.9 Å². The van der Waals surface area contributed by atoms with E-state index in [-0.39, 0.29) is 18.1 Å². The summed E-state index contributed by atoms with van der Waals surface area (Å²) in [7, 11) is 0. The van der Waals surface area contributed by atoms with Crippen LogP contribution in [0.4, 0.5) is 0 Å². The van der Waals surface area contributed by atoms with Gasteiger partial charge in [0.25, 0.3) is 0 Å². The smallest absolute Gasteiger partial charge is 0.303 e. The molecule has 0 bridgehead atoms. The van der Waals surface area contributed by atoms with Crippen LogP contribution in [-0.4, -0.2) is 55.9 Å². The number of hydrogen-bond donors (Lipinski definition) is 0. The molecule has 258 valence electrons. The lowest BCUT2D eigenvalue weighted by Gasteiger charge is -2.58. The quantitative estimate of drug-likeness (QED) is 0.121. The standard InChI is InChI=1S/C39H60O7/c1-25(2)42-22-10-8-9-11-26(3)32-14-15-33-31-13-12-29-23-30(18-20-38(29,6)34(31)19-21-39(32,33)7)45-37-17-16-35(44-28(5)41)36(46-37)24-43-27(4)40/h11-12,16-17,25,30-37H,8-10,13-15,18-24H2,1-7H3/b26-11+/t30-,31-,32+,33-,34-,35-,36+,37?,38-,39+/m0/s1. The Balaban J connectivity index is 1.19. The zero-order valence-electron chi connectivity index (χ0n) is 29.6. The van der Waals surface area contributed by atoms with Gasteiger partial charge in [-0.2, -0.15) is 0 Å². The van der Waals surface area contributed by atoms with Crippen LogP contribution in [0.5, 0.6) is 0 Å². The maximum atomic E-state index is 11.6. The lowest BCUT2D eigenvalue weighted by atomic mass is 9.47. The summed E-state index contributed by atoms with van der Waals surface area (Å²) in [6.45, 7) is 15.4. The lowest BCUT2D eigenvalue weighted by molar-refractivity contribution is -0.213. The normalized spacial score (nSPS) is 38.9. The zero-order chi connectivity index (χ0) is 33.1. The first-order chi connectivity index (χ1) is 21.9. The van der Waals surface area contributed by atoms with E-state index in [1.165, 1.54) is 58.8 Å². The van der Waals surface area contributed by atoms with Crippen LogP contribution in [0.15, 0.2) is 35.5 Å². The molecule has 5 aliphatic rings. The van der Waals surface area contributed by atoms with Crippen molar-refractivity contribution in [3.63, 3.8) is 0 Å². The van der Waals surface area contributed by atoms with Crippen molar-refractivity contribution in [2.45, 2.75) is 150 Å². The van der Waals surface area contributed by atoms with E-state index < -0.39 is 30.4 Å². The van der Waals surface area contributed by atoms with Gasteiger partial charge in [0.1, 0.15) is 18.8 Å². The zero-order valence-corrected chi connectivity index (χ0v) is 29.6. The molecule has 0 N–H and O–H groups in total. The Morgan fingerprint density at radius 2 is 1.80 bits per heavy atom. The third-order valence-electron chi connectivity index (χ3n) is 12.3. The molecule has 0 aromatic carbocycles. The summed E-state index contributed by atoms with van der Waals surface area (Å²) in [6.07, 6.45) is 20.6. The van der Waals surface area contributed by atoms with Crippen LogP contribution >= 0.6 is 0 Å². The van der Waals surface area contributed by atoms with Gasteiger partial charge in [-0.3, -0.25) is 9.59 Å². The summed E-state index contributed by atoms with van der Waals surface area (Å²) >= 11 is 0. The highest BCUT2D eigenvalue weighted by Gasteiger charge is 2.58. The molecule has 0 amide bonds. The summed E-state index contributed by atoms with van der Waals surface area (Å²) in [5, 5.41) is 0. The Morgan fingerprint density at radius 3 is 2.54 bits per heavy atom. The van der Waals surface area contributed by atoms with Crippen LogP contribution in [0, 0.1) is 34.5 Å². The van der Waals surface area contributed by atoms with E-state index in [9.17, 15) is 9.59 Å². The van der Waals surface area contributed by atoms with Crippen molar-refractivity contribution in [3.8, 4) is 0 Å². The first-order valence-electron chi connectivity index (χ1n) is 18.2. The summed E-state index contributed by atoms with van der Waals surface area (Å²) in [4.78, 5) is 23.0. The number of ether oxygens (including phenoxy) is 5. The van der Waals surface area contributed by atoms with E-state index in [1.807, 2.05) is 6.08 Å². The molecule has 7 heteroatoms. The maximum Gasteiger partial charge on any atom is 0.303 e. The molecule has 0 radical (unpaired) electrons. The van der Waals surface area contributed by atoms with Gasteiger partial charge in [0, 0.05) is 20.5 Å². The van der Waals surface area contributed by atoms with E-state index in [2.05, 4.69) is 46.8 Å². The van der Waals surface area contributed by atoms with Gasteiger partial charge in [0.15, 0.2) is 6.29 Å². The van der Waals surface area contributed by atoms with Gasteiger partial charge in [-0.15, -0.1) is 0 Å². The number of hydrogen-bond acceptors (Lipinski definition) is 7. The van der Waals surface area contributed by atoms with E-state index in [0.717, 1.165) is 56.0 Å². The number of carbonyl (C=O) groups is 2. The number of esters is 2. The van der Waals surface area contributed by atoms with Crippen molar-refractivity contribution in [1.29, 1.82) is 0 Å². The Kier molecular flexibility index (Phi) is 11.6. The molecular weight excluding hydrogens is 580 g/mol. The number of unbranched alkanes of at least 4 members (excludes halogenated alkanes) is 2. The van der Waals surface area contributed by atoms with E-state index in [1.54, 1.807) is 17.2 Å². The number of allylic oxidation sites excluding steroid dienone is 3. The fraction of sp³-hybridized carbons (Fsp3) is 0.795. The molecule has 4 aliphatic carbocycles. The minimum atomic E-state index is -0.606. The van der Waals surface area contributed by atoms with Gasteiger partial charge in [-0.1, -0.05) is 37.1 Å². The highest BCUT2D eigenvalue weighted by molar-refractivity contribution is 5.66. The van der Waals surface area contributed by atoms with Gasteiger partial charge < -0.3 is 23.7 Å². The number of fused-ring (bicyclic) bond motifs is 5. The Bertz CT molecular complexity index is 1170. The second kappa shape index (κ2) is 15.1. The largest absolute Gasteiger partial charge is 0.463 e. The predicted octanol–water partition coefficient (Wildman–Crippen LogP) is 8.27. The van der Waals surface area contributed by atoms with Gasteiger partial charge in [0.2, 0.25) is 0 Å². The molecular formula is C39H60O7. The molecule has 7 nitrogen and oxygen atoms in total. The Morgan fingerprint density at radius 1 is 1.00 bits per heavy atom. The minimum Gasteiger partial charge on any atom is -0.463 e. The predicted molar refractivity (Wildman–Crippen MR) is 179 cm³/mol. The van der Waals surface area contributed by atoms with Crippen LogP contribution in [0.25, 0.3) is 0 Å². The highest BCUT2D eigenvalue weighted by Crippen LogP contribution is 2.67. The van der Waals surface area contributed by atoms with Gasteiger partial charge in [-0.05, 0) is 138 Å². The van der Waals surface area contributed by atoms with Crippen LogP contribution < -0.4 is 0 Å². The van der Waals surface area contributed by atoms with E-state index >= 15 is 0 Å². The molecule has 10 atom stereocenters. The van der Waals surface area contributed by atoms with Crippen molar-refractivity contribution in [2.24, 2.45) is 34.5 Å². The van der Waals surface area contributed by atoms with Crippen molar-refractivity contribution in [2.75, 3.05) is 13.2 Å². The molecule has 0 spiro atoms. The Labute approximate surface area is 277 Å². The van der Waals surface area contributed by atoms with Crippen LogP contribution in [0.2, 0.25) is 0 Å². The molecule has 1 heterocycles. The topological polar surface area (TPSA) is 80.3 Å². The molecule has 1 aliphatic heterocycles. The van der Waals surface area contributed by atoms with Crippen molar-refractivity contribution in [3.05, 3.63) is 35.5 Å². The fourth-order valence-electron chi connectivity index (χ4n) is 10.1. The molecule has 3 saturated carbocycles. The second-order valence-corrected chi connectivity index (χ2v) is 15.6. The summed E-state index contributed by atoms with van der Waals surface area (Å²) < 4.78 is 29.0. The summed E-state index contributed by atoms with van der Waals surface area (Å²) in [5.41, 5.74) is 3.88. The third-order valence-corrected chi connectivity index (χ3v) is 12.3. The maximum absolute atomic E-state index is 11.6. The lowest BCUT2D eigenvalue weighted by Crippen LogP contribution is -2.51. The Hall–Kier alpha value is -1.96. The molecule has 5 rings (SSSR count). The van der Waals surface area contributed by atoms with Crippen molar-refractivity contribution in [1.82, 2.24) is 0 Å². The fourth-order valence-corrected chi connectivity index (χ4v) is 10.1. The van der Waals surface area contributed by atoms with Crippen LogP contribution in [0.3, 0.4) is 0 Å². The number of carbonyl (C=O) groups excluding carboxylic acids is 2. The first kappa shape index (κ1) is 35.3. The monoisotopic (exact) mass is 640 g/mol. The molecule has 3 fully saturated rings. The SMILES string of the molecule is CC(=O)OC[C@H]1OC(O[C@H]2CC[C@@]3(C)C(=CC[C@H]4[C@@H]5CC[C@H](/C(C)=C/CCCCOC(C)C)[C@@]5(C)CC[C@@H]43)C2)C=C[C@@H]1OC(C)=O. The first-order valence-corrected chi connectivity index (χ1v) is 18.2. The molecule has 0 aromatic rings. The summed E-state index contributed by atoms with van der Waals surface area (Å²) in [5.74, 6) is 2.26. The van der Waals surface area contributed by atoms with Crippen molar-refractivity contribution >= 4 is 11.9 Å². The molecule has 0 aromatic heterocycles. The average Bonchev–Trinajstić information content (AvgIpc) is 3.36. The second-order valence-electron chi connectivity index (χ2n) is 15.6.